The van der Waals surface area contributed by atoms with Gasteiger partial charge in [0, 0.05) is 18.3 Å². The van der Waals surface area contributed by atoms with Crippen LogP contribution in [0.2, 0.25) is 0 Å². The van der Waals surface area contributed by atoms with Gasteiger partial charge in [0.2, 0.25) is 0 Å². The van der Waals surface area contributed by atoms with Crippen LogP contribution < -0.4 is 16.4 Å². The van der Waals surface area contributed by atoms with E-state index in [0.717, 1.165) is 0 Å². The summed E-state index contributed by atoms with van der Waals surface area (Å²) in [6.45, 7) is 0.357. The van der Waals surface area contributed by atoms with Gasteiger partial charge in [0.25, 0.3) is 11.8 Å². The molecule has 92 valence electrons. The molecular formula is C11H11N5O2. The van der Waals surface area contributed by atoms with Crippen molar-refractivity contribution < 1.29 is 9.59 Å². The zero-order chi connectivity index (χ0) is 12.7. The second-order valence-corrected chi connectivity index (χ2v) is 4.04. The SMILES string of the molecule is NC1=NC(C2=CCNC(=O)c3[nH]ccc32)C(=O)N1. The maximum atomic E-state index is 11.7. The minimum atomic E-state index is -0.688. The topological polar surface area (TPSA) is 112 Å². The Hall–Kier alpha value is -2.57. The Labute approximate surface area is 102 Å². The number of nitrogens with two attached hydrogens (primary N) is 1. The van der Waals surface area contributed by atoms with E-state index in [-0.39, 0.29) is 17.8 Å². The first-order chi connectivity index (χ1) is 8.66. The number of aromatic amines is 1. The number of nitrogens with one attached hydrogen (secondary N) is 3. The van der Waals surface area contributed by atoms with Gasteiger partial charge in [-0.2, -0.15) is 0 Å². The Morgan fingerprint density at radius 2 is 2.22 bits per heavy atom. The lowest BCUT2D eigenvalue weighted by Crippen LogP contribution is -2.33. The van der Waals surface area contributed by atoms with E-state index < -0.39 is 6.04 Å². The highest BCUT2D eigenvalue weighted by molar-refractivity contribution is 6.12. The molecule has 7 heteroatoms. The van der Waals surface area contributed by atoms with Crippen molar-refractivity contribution in [2.45, 2.75) is 6.04 Å². The number of carbonyl (C=O) groups is 2. The highest BCUT2D eigenvalue weighted by Crippen LogP contribution is 2.26. The van der Waals surface area contributed by atoms with Gasteiger partial charge in [0.15, 0.2) is 12.0 Å². The maximum absolute atomic E-state index is 11.7. The second kappa shape index (κ2) is 3.73. The van der Waals surface area contributed by atoms with Crippen molar-refractivity contribution in [3.63, 3.8) is 0 Å². The summed E-state index contributed by atoms with van der Waals surface area (Å²) >= 11 is 0. The molecule has 2 aliphatic rings. The maximum Gasteiger partial charge on any atom is 0.268 e. The van der Waals surface area contributed by atoms with Gasteiger partial charge in [-0.05, 0) is 11.6 Å². The zero-order valence-corrected chi connectivity index (χ0v) is 9.36. The lowest BCUT2D eigenvalue weighted by molar-refractivity contribution is -0.118. The van der Waals surface area contributed by atoms with Crippen LogP contribution in [0.5, 0.6) is 0 Å². The molecule has 0 aliphatic carbocycles. The summed E-state index contributed by atoms with van der Waals surface area (Å²) in [5, 5.41) is 5.16. The average Bonchev–Trinajstić information content (AvgIpc) is 2.88. The van der Waals surface area contributed by atoms with Crippen LogP contribution in [0.4, 0.5) is 0 Å². The number of hydrogen-bond acceptors (Lipinski definition) is 4. The monoisotopic (exact) mass is 245 g/mol. The summed E-state index contributed by atoms with van der Waals surface area (Å²) in [4.78, 5) is 30.4. The number of rotatable bonds is 1. The molecule has 0 aromatic carbocycles. The molecule has 2 amide bonds. The summed E-state index contributed by atoms with van der Waals surface area (Å²) in [5.41, 5.74) is 7.29. The van der Waals surface area contributed by atoms with Crippen LogP contribution in [0.1, 0.15) is 16.1 Å². The van der Waals surface area contributed by atoms with Crippen LogP contribution in [0.25, 0.3) is 5.57 Å². The Kier molecular flexibility index (Phi) is 2.19. The van der Waals surface area contributed by atoms with Crippen LogP contribution in [0.15, 0.2) is 23.3 Å². The van der Waals surface area contributed by atoms with Crippen molar-refractivity contribution in [2.75, 3.05) is 6.54 Å². The highest BCUT2D eigenvalue weighted by Gasteiger charge is 2.32. The van der Waals surface area contributed by atoms with E-state index in [1.807, 2.05) is 0 Å². The lowest BCUT2D eigenvalue weighted by atomic mass is 9.99. The van der Waals surface area contributed by atoms with E-state index in [0.29, 0.717) is 23.4 Å². The number of amides is 2. The second-order valence-electron chi connectivity index (χ2n) is 4.04. The smallest absolute Gasteiger partial charge is 0.268 e. The number of hydrogen-bond donors (Lipinski definition) is 4. The van der Waals surface area contributed by atoms with Crippen molar-refractivity contribution in [2.24, 2.45) is 10.7 Å². The number of aliphatic imine (C=N–C) groups is 1. The number of guanidine groups is 1. The van der Waals surface area contributed by atoms with E-state index in [1.165, 1.54) is 0 Å². The summed E-state index contributed by atoms with van der Waals surface area (Å²) in [6.07, 6.45) is 3.44. The molecule has 0 bridgehead atoms. The fourth-order valence-corrected chi connectivity index (χ4v) is 2.14. The molecule has 1 aromatic rings. The van der Waals surface area contributed by atoms with E-state index in [1.54, 1.807) is 18.3 Å². The van der Waals surface area contributed by atoms with Crippen molar-refractivity contribution in [3.05, 3.63) is 29.6 Å². The van der Waals surface area contributed by atoms with Crippen LogP contribution >= 0.6 is 0 Å². The number of fused-ring (bicyclic) bond motifs is 1. The fourth-order valence-electron chi connectivity index (χ4n) is 2.14. The van der Waals surface area contributed by atoms with Crippen LogP contribution in [0.3, 0.4) is 0 Å². The third kappa shape index (κ3) is 1.48. The zero-order valence-electron chi connectivity index (χ0n) is 9.36. The first-order valence-electron chi connectivity index (χ1n) is 5.47. The van der Waals surface area contributed by atoms with E-state index in [9.17, 15) is 9.59 Å². The number of nitrogens with zero attached hydrogens (tertiary/aromatic N) is 1. The van der Waals surface area contributed by atoms with Crippen LogP contribution in [-0.2, 0) is 4.79 Å². The van der Waals surface area contributed by atoms with Crippen LogP contribution in [-0.4, -0.2) is 35.3 Å². The van der Waals surface area contributed by atoms with Crippen molar-refractivity contribution in [1.29, 1.82) is 0 Å². The van der Waals surface area contributed by atoms with Gasteiger partial charge in [-0.3, -0.25) is 14.9 Å². The van der Waals surface area contributed by atoms with E-state index in [2.05, 4.69) is 20.6 Å². The van der Waals surface area contributed by atoms with Gasteiger partial charge < -0.3 is 16.0 Å². The van der Waals surface area contributed by atoms with E-state index in [4.69, 9.17) is 5.73 Å². The fraction of sp³-hybridized carbons (Fsp3) is 0.182. The predicted octanol–water partition coefficient (Wildman–Crippen LogP) is -1.05. The normalized spacial score (nSPS) is 22.6. The Morgan fingerprint density at radius 3 is 2.94 bits per heavy atom. The van der Waals surface area contributed by atoms with Gasteiger partial charge in [-0.1, -0.05) is 6.08 Å². The third-order valence-electron chi connectivity index (χ3n) is 2.93. The molecule has 3 rings (SSSR count). The molecule has 1 atom stereocenters. The van der Waals surface area contributed by atoms with Crippen molar-refractivity contribution in [3.8, 4) is 0 Å². The van der Waals surface area contributed by atoms with E-state index >= 15 is 0 Å². The lowest BCUT2D eigenvalue weighted by Gasteiger charge is -2.08. The van der Waals surface area contributed by atoms with Gasteiger partial charge in [0.1, 0.15) is 5.69 Å². The summed E-state index contributed by atoms with van der Waals surface area (Å²) in [7, 11) is 0. The minimum absolute atomic E-state index is 0.103. The summed E-state index contributed by atoms with van der Waals surface area (Å²) in [6, 6.07) is 1.07. The molecule has 1 aromatic heterocycles. The first kappa shape index (κ1) is 10.6. The minimum Gasteiger partial charge on any atom is -0.370 e. The molecule has 0 fully saturated rings. The van der Waals surface area contributed by atoms with Gasteiger partial charge in [0.05, 0.1) is 0 Å². The largest absolute Gasteiger partial charge is 0.370 e. The van der Waals surface area contributed by atoms with Gasteiger partial charge >= 0.3 is 0 Å². The number of H-pyrrole nitrogens is 1. The summed E-state index contributed by atoms with van der Waals surface area (Å²) < 4.78 is 0. The molecule has 0 radical (unpaired) electrons. The molecule has 3 heterocycles. The molecule has 2 aliphatic heterocycles. The van der Waals surface area contributed by atoms with Crippen molar-refractivity contribution >= 4 is 23.3 Å². The number of aromatic nitrogens is 1. The van der Waals surface area contributed by atoms with Crippen LogP contribution in [0, 0.1) is 0 Å². The molecule has 1 unspecified atom stereocenters. The molecular weight excluding hydrogens is 234 g/mol. The highest BCUT2D eigenvalue weighted by atomic mass is 16.2. The van der Waals surface area contributed by atoms with Gasteiger partial charge in [-0.15, -0.1) is 0 Å². The van der Waals surface area contributed by atoms with Crippen molar-refractivity contribution in [1.82, 2.24) is 15.6 Å². The Morgan fingerprint density at radius 1 is 1.39 bits per heavy atom. The first-order valence-corrected chi connectivity index (χ1v) is 5.47. The molecule has 7 nitrogen and oxygen atoms in total. The number of carbonyl (C=O) groups excluding carboxylic acids is 2. The Bertz CT molecular complexity index is 598. The standard InChI is InChI=1S/C11H11N5O2/c12-11-15-8(10(18)16-11)6-2-4-14-9(17)7-5(6)1-3-13-7/h1-3,8,13H,4H2,(H,14,17)(H3,12,15,16,18). The molecule has 0 saturated heterocycles. The average molecular weight is 245 g/mol. The molecule has 0 saturated carbocycles. The van der Waals surface area contributed by atoms with Gasteiger partial charge in [-0.25, -0.2) is 4.99 Å². The Balaban J connectivity index is 2.08. The molecule has 18 heavy (non-hydrogen) atoms. The predicted molar refractivity (Wildman–Crippen MR) is 64.7 cm³/mol. The summed E-state index contributed by atoms with van der Waals surface area (Å²) in [5.74, 6) is -0.372. The molecule has 0 spiro atoms. The molecule has 5 N–H and O–H groups in total. The third-order valence-corrected chi connectivity index (χ3v) is 2.93. The quantitative estimate of drug-likeness (QED) is 0.506.